The lowest BCUT2D eigenvalue weighted by molar-refractivity contribution is -0.120. The van der Waals surface area contributed by atoms with Crippen LogP contribution in [0.3, 0.4) is 0 Å². The quantitative estimate of drug-likeness (QED) is 0.381. The van der Waals surface area contributed by atoms with E-state index in [9.17, 15) is 14.7 Å². The molecule has 1 aromatic heterocycles. The fraction of sp³-hybridized carbons (Fsp3) is 0.0417. The predicted molar refractivity (Wildman–Crippen MR) is 116 cm³/mol. The van der Waals surface area contributed by atoms with Gasteiger partial charge < -0.3 is 9.67 Å². The van der Waals surface area contributed by atoms with Gasteiger partial charge in [0.15, 0.2) is 0 Å². The number of aromatic nitrogens is 1. The normalized spacial score (nSPS) is 11.1. The first kappa shape index (κ1) is 19.1. The number of rotatable bonds is 6. The molecule has 2 N–H and O–H groups in total. The Bertz CT molecular complexity index is 1250. The van der Waals surface area contributed by atoms with Crippen LogP contribution in [-0.2, 0) is 11.2 Å². The fourth-order valence-electron chi connectivity index (χ4n) is 3.35. The molecular formula is C24H19N3O3. The van der Waals surface area contributed by atoms with E-state index < -0.39 is 5.97 Å². The monoisotopic (exact) mass is 397 g/mol. The van der Waals surface area contributed by atoms with Crippen molar-refractivity contribution < 1.29 is 14.7 Å². The topological polar surface area (TPSA) is 83.7 Å². The Morgan fingerprint density at radius 2 is 1.77 bits per heavy atom. The number of carboxylic acid groups (broad SMARTS) is 1. The van der Waals surface area contributed by atoms with E-state index in [1.807, 2.05) is 60.7 Å². The number of aromatic carboxylic acids is 1. The number of fused-ring (bicyclic) bond motifs is 1. The third-order valence-corrected chi connectivity index (χ3v) is 4.77. The Kier molecular flexibility index (Phi) is 5.39. The second kappa shape index (κ2) is 8.45. The molecule has 0 aliphatic carbocycles. The molecule has 0 fully saturated rings. The Morgan fingerprint density at radius 3 is 2.63 bits per heavy atom. The molecule has 148 valence electrons. The van der Waals surface area contributed by atoms with Gasteiger partial charge in [-0.1, -0.05) is 48.5 Å². The van der Waals surface area contributed by atoms with Crippen molar-refractivity contribution in [1.29, 1.82) is 0 Å². The van der Waals surface area contributed by atoms with Crippen LogP contribution in [0.25, 0.3) is 16.5 Å². The summed E-state index contributed by atoms with van der Waals surface area (Å²) in [6, 6.07) is 24.1. The van der Waals surface area contributed by atoms with Crippen LogP contribution in [0.4, 0.5) is 0 Å². The Balaban J connectivity index is 1.47. The maximum Gasteiger partial charge on any atom is 0.335 e. The number of nitrogens with one attached hydrogen (secondary N) is 1. The van der Waals surface area contributed by atoms with E-state index in [4.69, 9.17) is 0 Å². The highest BCUT2D eigenvalue weighted by Crippen LogP contribution is 2.19. The average Bonchev–Trinajstić information content (AvgIpc) is 3.23. The van der Waals surface area contributed by atoms with Gasteiger partial charge in [0, 0.05) is 11.9 Å². The minimum atomic E-state index is -0.986. The molecule has 1 amide bonds. The highest BCUT2D eigenvalue weighted by molar-refractivity contribution is 5.91. The molecule has 0 saturated carbocycles. The number of benzene rings is 3. The fourth-order valence-corrected chi connectivity index (χ4v) is 3.35. The van der Waals surface area contributed by atoms with E-state index in [1.54, 1.807) is 22.9 Å². The summed E-state index contributed by atoms with van der Waals surface area (Å²) in [6.45, 7) is 0. The summed E-state index contributed by atoms with van der Waals surface area (Å²) in [4.78, 5) is 23.6. The van der Waals surface area contributed by atoms with E-state index in [2.05, 4.69) is 10.5 Å². The largest absolute Gasteiger partial charge is 0.478 e. The van der Waals surface area contributed by atoms with E-state index in [0.717, 1.165) is 16.3 Å². The van der Waals surface area contributed by atoms with Crippen molar-refractivity contribution in [3.63, 3.8) is 0 Å². The minimum absolute atomic E-state index is 0.201. The van der Waals surface area contributed by atoms with E-state index >= 15 is 0 Å². The average molecular weight is 397 g/mol. The summed E-state index contributed by atoms with van der Waals surface area (Å²) < 4.78 is 1.80. The Labute approximate surface area is 173 Å². The molecule has 0 bridgehead atoms. The van der Waals surface area contributed by atoms with Gasteiger partial charge >= 0.3 is 5.97 Å². The van der Waals surface area contributed by atoms with Crippen LogP contribution in [0.1, 0.15) is 21.6 Å². The third kappa shape index (κ3) is 4.12. The molecule has 0 saturated heterocycles. The van der Waals surface area contributed by atoms with Gasteiger partial charge in [-0.2, -0.15) is 5.10 Å². The van der Waals surface area contributed by atoms with Gasteiger partial charge in [-0.3, -0.25) is 4.79 Å². The third-order valence-electron chi connectivity index (χ3n) is 4.77. The van der Waals surface area contributed by atoms with E-state index in [1.165, 1.54) is 12.3 Å². The molecule has 0 aliphatic rings. The first-order chi connectivity index (χ1) is 14.6. The summed E-state index contributed by atoms with van der Waals surface area (Å²) in [5.41, 5.74) is 5.12. The molecular weight excluding hydrogens is 378 g/mol. The van der Waals surface area contributed by atoms with Crippen LogP contribution >= 0.6 is 0 Å². The summed E-state index contributed by atoms with van der Waals surface area (Å²) in [5.74, 6) is -1.20. The van der Waals surface area contributed by atoms with Crippen LogP contribution in [0.15, 0.2) is 90.2 Å². The van der Waals surface area contributed by atoms with Gasteiger partial charge in [0.2, 0.25) is 5.91 Å². The number of amides is 1. The summed E-state index contributed by atoms with van der Waals surface area (Å²) >= 11 is 0. The lowest BCUT2D eigenvalue weighted by Gasteiger charge is -2.07. The van der Waals surface area contributed by atoms with Gasteiger partial charge in [-0.25, -0.2) is 10.2 Å². The van der Waals surface area contributed by atoms with Crippen molar-refractivity contribution in [1.82, 2.24) is 9.99 Å². The van der Waals surface area contributed by atoms with Crippen molar-refractivity contribution in [3.05, 3.63) is 102 Å². The standard InChI is InChI=1S/C24H19N3O3/c28-23(15-18-8-3-7-17-6-1-2-12-22(17)18)26-25-16-21-11-5-13-27(21)20-10-4-9-19(14-20)24(29)30/h1-14,16H,15H2,(H,26,28)(H,29,30)/b25-16-. The number of carboxylic acids is 1. The molecule has 0 aliphatic heterocycles. The van der Waals surface area contributed by atoms with Crippen LogP contribution in [0, 0.1) is 0 Å². The molecule has 0 radical (unpaired) electrons. The van der Waals surface area contributed by atoms with E-state index in [-0.39, 0.29) is 17.9 Å². The molecule has 4 rings (SSSR count). The second-order valence-corrected chi connectivity index (χ2v) is 6.77. The van der Waals surface area contributed by atoms with Crippen molar-refractivity contribution in [2.75, 3.05) is 0 Å². The van der Waals surface area contributed by atoms with Crippen LogP contribution in [0.5, 0.6) is 0 Å². The lowest BCUT2D eigenvalue weighted by atomic mass is 10.0. The molecule has 0 unspecified atom stereocenters. The molecule has 1 heterocycles. The molecule has 6 nitrogen and oxygen atoms in total. The molecule has 6 heteroatoms. The molecule has 0 spiro atoms. The van der Waals surface area contributed by atoms with Gasteiger partial charge in [0.25, 0.3) is 0 Å². The van der Waals surface area contributed by atoms with E-state index in [0.29, 0.717) is 11.4 Å². The van der Waals surface area contributed by atoms with Crippen molar-refractivity contribution >= 4 is 28.9 Å². The molecule has 4 aromatic rings. The van der Waals surface area contributed by atoms with Gasteiger partial charge in [-0.05, 0) is 46.7 Å². The number of hydrogen-bond acceptors (Lipinski definition) is 3. The number of nitrogens with zero attached hydrogens (tertiary/aromatic N) is 2. The molecule has 30 heavy (non-hydrogen) atoms. The smallest absolute Gasteiger partial charge is 0.335 e. The summed E-state index contributed by atoms with van der Waals surface area (Å²) in [5, 5.41) is 15.4. The Morgan fingerprint density at radius 1 is 0.967 bits per heavy atom. The van der Waals surface area contributed by atoms with Crippen LogP contribution < -0.4 is 5.43 Å². The number of hydrogen-bond donors (Lipinski definition) is 2. The number of carbonyl (C=O) groups excluding carboxylic acids is 1. The maximum atomic E-state index is 12.4. The molecule has 0 atom stereocenters. The zero-order chi connectivity index (χ0) is 20.9. The number of hydrazone groups is 1. The summed E-state index contributed by atoms with van der Waals surface area (Å²) in [7, 11) is 0. The van der Waals surface area contributed by atoms with Gasteiger partial charge in [0.05, 0.1) is 23.9 Å². The van der Waals surface area contributed by atoms with Crippen molar-refractivity contribution in [2.45, 2.75) is 6.42 Å². The number of carbonyl (C=O) groups is 2. The SMILES string of the molecule is O=C(Cc1cccc2ccccc12)N/N=C\c1cccn1-c1cccc(C(=O)O)c1. The van der Waals surface area contributed by atoms with Crippen molar-refractivity contribution in [3.8, 4) is 5.69 Å². The lowest BCUT2D eigenvalue weighted by Crippen LogP contribution is -2.20. The highest BCUT2D eigenvalue weighted by Gasteiger charge is 2.08. The first-order valence-corrected chi connectivity index (χ1v) is 9.41. The van der Waals surface area contributed by atoms with Crippen LogP contribution in [0.2, 0.25) is 0 Å². The van der Waals surface area contributed by atoms with Gasteiger partial charge in [-0.15, -0.1) is 0 Å². The minimum Gasteiger partial charge on any atom is -0.478 e. The first-order valence-electron chi connectivity index (χ1n) is 9.41. The zero-order valence-corrected chi connectivity index (χ0v) is 16.0. The summed E-state index contributed by atoms with van der Waals surface area (Å²) in [6.07, 6.45) is 3.56. The van der Waals surface area contributed by atoms with Gasteiger partial charge in [0.1, 0.15) is 0 Å². The molecule has 3 aromatic carbocycles. The zero-order valence-electron chi connectivity index (χ0n) is 16.0. The van der Waals surface area contributed by atoms with Crippen LogP contribution in [-0.4, -0.2) is 27.8 Å². The maximum absolute atomic E-state index is 12.4. The highest BCUT2D eigenvalue weighted by atomic mass is 16.4. The van der Waals surface area contributed by atoms with Crippen molar-refractivity contribution in [2.24, 2.45) is 5.10 Å². The Hall–Kier alpha value is -4.19. The predicted octanol–water partition coefficient (Wildman–Crippen LogP) is 4.02. The second-order valence-electron chi connectivity index (χ2n) is 6.77.